The highest BCUT2D eigenvalue weighted by atomic mass is 16.5. The van der Waals surface area contributed by atoms with Gasteiger partial charge < -0.3 is 14.6 Å². The molecule has 1 aromatic heterocycles. The first-order valence-electron chi connectivity index (χ1n) is 4.20. The van der Waals surface area contributed by atoms with Gasteiger partial charge in [-0.05, 0) is 13.0 Å². The Morgan fingerprint density at radius 1 is 1.75 bits per heavy atom. The third-order valence-electron chi connectivity index (χ3n) is 1.98. The lowest BCUT2D eigenvalue weighted by Gasteiger charge is -2.08. The Morgan fingerprint density at radius 2 is 2.67 bits per heavy atom. The van der Waals surface area contributed by atoms with E-state index in [0.717, 1.165) is 25.4 Å². The molecule has 1 saturated heterocycles. The van der Waals surface area contributed by atoms with Crippen LogP contribution in [0.2, 0.25) is 0 Å². The number of imidazole rings is 1. The third kappa shape index (κ3) is 1.58. The second-order valence-corrected chi connectivity index (χ2v) is 3.11. The fourth-order valence-corrected chi connectivity index (χ4v) is 1.35. The van der Waals surface area contributed by atoms with E-state index in [1.165, 1.54) is 0 Å². The Bertz CT molecular complexity index is 253. The molecule has 0 aromatic carbocycles. The van der Waals surface area contributed by atoms with Crippen LogP contribution in [0, 0.1) is 0 Å². The number of aromatic nitrogens is 2. The zero-order valence-corrected chi connectivity index (χ0v) is 7.16. The second-order valence-electron chi connectivity index (χ2n) is 3.11. The van der Waals surface area contributed by atoms with Crippen LogP contribution in [-0.2, 0) is 7.05 Å². The Hall–Kier alpha value is -1.03. The number of rotatable bonds is 2. The maximum absolute atomic E-state index is 5.60. The average Bonchev–Trinajstić information content (AvgIpc) is 2.63. The van der Waals surface area contributed by atoms with Gasteiger partial charge in [-0.25, -0.2) is 4.98 Å². The fraction of sp³-hybridized carbons (Fsp3) is 0.625. The van der Waals surface area contributed by atoms with Crippen LogP contribution in [0.4, 0.5) is 0 Å². The number of aryl methyl sites for hydroxylation is 1. The molecule has 12 heavy (non-hydrogen) atoms. The van der Waals surface area contributed by atoms with Gasteiger partial charge in [0.25, 0.3) is 0 Å². The van der Waals surface area contributed by atoms with E-state index in [0.29, 0.717) is 6.10 Å². The molecule has 2 rings (SSSR count). The molecule has 1 N–H and O–H groups in total. The molecule has 1 aliphatic heterocycles. The highest BCUT2D eigenvalue weighted by molar-refractivity contribution is 5.04. The summed E-state index contributed by atoms with van der Waals surface area (Å²) in [5.41, 5.74) is 0. The van der Waals surface area contributed by atoms with Crippen molar-refractivity contribution in [2.75, 3.05) is 13.1 Å². The van der Waals surface area contributed by atoms with Gasteiger partial charge in [-0.3, -0.25) is 0 Å². The quantitative estimate of drug-likeness (QED) is 0.682. The van der Waals surface area contributed by atoms with Gasteiger partial charge in [-0.1, -0.05) is 0 Å². The van der Waals surface area contributed by atoms with Gasteiger partial charge in [-0.15, -0.1) is 0 Å². The van der Waals surface area contributed by atoms with E-state index in [4.69, 9.17) is 4.74 Å². The first kappa shape index (κ1) is 7.61. The zero-order valence-electron chi connectivity index (χ0n) is 7.16. The Kier molecular flexibility index (Phi) is 1.99. The molecule has 66 valence electrons. The lowest BCUT2D eigenvalue weighted by atomic mass is 10.3. The van der Waals surface area contributed by atoms with Crippen LogP contribution in [0.25, 0.3) is 0 Å². The molecule has 1 unspecified atom stereocenters. The lowest BCUT2D eigenvalue weighted by molar-refractivity contribution is 0.215. The summed E-state index contributed by atoms with van der Waals surface area (Å²) >= 11 is 0. The van der Waals surface area contributed by atoms with Gasteiger partial charge >= 0.3 is 0 Å². The van der Waals surface area contributed by atoms with Crippen LogP contribution >= 0.6 is 0 Å². The molecular formula is C8H13N3O. The molecule has 0 amide bonds. The molecule has 0 radical (unpaired) electrons. The molecule has 4 heteroatoms. The summed E-state index contributed by atoms with van der Waals surface area (Å²) < 4.78 is 7.49. The molecule has 0 aliphatic carbocycles. The number of nitrogens with zero attached hydrogens (tertiary/aromatic N) is 2. The predicted octanol–water partition coefficient (Wildman–Crippen LogP) is 0.161. The number of nitrogens with one attached hydrogen (secondary N) is 1. The van der Waals surface area contributed by atoms with Crippen molar-refractivity contribution in [2.24, 2.45) is 7.05 Å². The average molecular weight is 167 g/mol. The van der Waals surface area contributed by atoms with Crippen LogP contribution < -0.4 is 10.1 Å². The van der Waals surface area contributed by atoms with E-state index in [1.807, 2.05) is 17.8 Å². The van der Waals surface area contributed by atoms with Crippen molar-refractivity contribution in [3.63, 3.8) is 0 Å². The molecule has 1 aromatic rings. The van der Waals surface area contributed by atoms with Gasteiger partial charge in [0.05, 0.1) is 12.5 Å². The third-order valence-corrected chi connectivity index (χ3v) is 1.98. The summed E-state index contributed by atoms with van der Waals surface area (Å²) in [5, 5.41) is 3.24. The highest BCUT2D eigenvalue weighted by Gasteiger charge is 2.16. The van der Waals surface area contributed by atoms with Crippen molar-refractivity contribution in [2.45, 2.75) is 12.5 Å². The monoisotopic (exact) mass is 167 g/mol. The van der Waals surface area contributed by atoms with Crippen molar-refractivity contribution in [3.05, 3.63) is 12.5 Å². The molecule has 1 aliphatic rings. The smallest absolute Gasteiger partial charge is 0.231 e. The van der Waals surface area contributed by atoms with Crippen molar-refractivity contribution in [1.29, 1.82) is 0 Å². The van der Waals surface area contributed by atoms with Crippen LogP contribution in [0.1, 0.15) is 6.42 Å². The molecular weight excluding hydrogens is 154 g/mol. The number of hydrogen-bond donors (Lipinski definition) is 1. The van der Waals surface area contributed by atoms with Gasteiger partial charge in [-0.2, -0.15) is 0 Å². The topological polar surface area (TPSA) is 39.1 Å². The van der Waals surface area contributed by atoms with Gasteiger partial charge in [0, 0.05) is 13.6 Å². The van der Waals surface area contributed by atoms with Crippen molar-refractivity contribution in [3.8, 4) is 5.88 Å². The summed E-state index contributed by atoms with van der Waals surface area (Å²) in [4.78, 5) is 4.09. The van der Waals surface area contributed by atoms with Crippen LogP contribution in [0.3, 0.4) is 0 Å². The summed E-state index contributed by atoms with van der Waals surface area (Å²) in [6.45, 7) is 1.99. The summed E-state index contributed by atoms with van der Waals surface area (Å²) in [7, 11) is 1.94. The van der Waals surface area contributed by atoms with E-state index < -0.39 is 0 Å². The summed E-state index contributed by atoms with van der Waals surface area (Å²) in [5.74, 6) is 0.728. The van der Waals surface area contributed by atoms with Crippen molar-refractivity contribution >= 4 is 0 Å². The number of hydrogen-bond acceptors (Lipinski definition) is 3. The highest BCUT2D eigenvalue weighted by Crippen LogP contribution is 2.10. The standard InChI is InChI=1S/C8H13N3O/c1-11-5-8(10-6-11)12-7-2-3-9-4-7/h5-7,9H,2-4H2,1H3. The van der Waals surface area contributed by atoms with Gasteiger partial charge in [0.15, 0.2) is 0 Å². The molecule has 4 nitrogen and oxygen atoms in total. The normalized spacial score (nSPS) is 22.9. The Labute approximate surface area is 71.6 Å². The minimum atomic E-state index is 0.305. The van der Waals surface area contributed by atoms with E-state index in [2.05, 4.69) is 10.3 Å². The number of ether oxygens (including phenoxy) is 1. The van der Waals surface area contributed by atoms with Crippen LogP contribution in [-0.4, -0.2) is 28.7 Å². The minimum absolute atomic E-state index is 0.305. The van der Waals surface area contributed by atoms with E-state index in [1.54, 1.807) is 6.33 Å². The maximum Gasteiger partial charge on any atom is 0.231 e. The van der Waals surface area contributed by atoms with Gasteiger partial charge in [0.1, 0.15) is 6.10 Å². The SMILES string of the molecule is Cn1cnc(OC2CCNC2)c1. The first-order chi connectivity index (χ1) is 5.84. The first-order valence-corrected chi connectivity index (χ1v) is 4.20. The maximum atomic E-state index is 5.60. The summed E-state index contributed by atoms with van der Waals surface area (Å²) in [6.07, 6.45) is 5.02. The minimum Gasteiger partial charge on any atom is -0.472 e. The Balaban J connectivity index is 1.94. The van der Waals surface area contributed by atoms with Crippen molar-refractivity contribution < 1.29 is 4.74 Å². The fourth-order valence-electron chi connectivity index (χ4n) is 1.35. The van der Waals surface area contributed by atoms with E-state index >= 15 is 0 Å². The molecule has 0 saturated carbocycles. The molecule has 2 heterocycles. The molecule has 1 fully saturated rings. The van der Waals surface area contributed by atoms with Crippen LogP contribution in [0.15, 0.2) is 12.5 Å². The molecule has 0 bridgehead atoms. The van der Waals surface area contributed by atoms with Gasteiger partial charge in [0.2, 0.25) is 5.88 Å². The predicted molar refractivity (Wildman–Crippen MR) is 45.1 cm³/mol. The second kappa shape index (κ2) is 3.15. The zero-order chi connectivity index (χ0) is 8.39. The van der Waals surface area contributed by atoms with E-state index in [-0.39, 0.29) is 0 Å². The Morgan fingerprint density at radius 3 is 3.25 bits per heavy atom. The van der Waals surface area contributed by atoms with E-state index in [9.17, 15) is 0 Å². The van der Waals surface area contributed by atoms with Crippen molar-refractivity contribution in [1.82, 2.24) is 14.9 Å². The largest absolute Gasteiger partial charge is 0.472 e. The summed E-state index contributed by atoms with van der Waals surface area (Å²) in [6, 6.07) is 0. The van der Waals surface area contributed by atoms with Crippen LogP contribution in [0.5, 0.6) is 5.88 Å². The lowest BCUT2D eigenvalue weighted by Crippen LogP contribution is -2.19. The molecule has 0 spiro atoms. The molecule has 1 atom stereocenters.